The molecule has 0 saturated carbocycles. The minimum absolute atomic E-state index is 0.296. The Morgan fingerprint density at radius 1 is 1.00 bits per heavy atom. The van der Waals surface area contributed by atoms with Crippen molar-refractivity contribution in [2.45, 2.75) is 0 Å². The summed E-state index contributed by atoms with van der Waals surface area (Å²) < 4.78 is 0. The van der Waals surface area contributed by atoms with Crippen molar-refractivity contribution in [3.8, 4) is 22.3 Å². The number of nitrogens with one attached hydrogen (secondary N) is 1. The maximum absolute atomic E-state index is 11.9. The molecule has 122 valence electrons. The number of H-pyrrole nitrogens is 1. The van der Waals surface area contributed by atoms with E-state index in [4.69, 9.17) is 11.5 Å². The SMILES string of the molecule is NC(=O)c1cc(-c2ccncc2)cc(-c2cccc3[nH]ncc23)c1N. The van der Waals surface area contributed by atoms with Gasteiger partial charge in [-0.15, -0.1) is 0 Å². The van der Waals surface area contributed by atoms with Crippen LogP contribution in [0.4, 0.5) is 5.69 Å². The number of carbonyl (C=O) groups excluding carboxylic acids is 1. The number of pyridine rings is 1. The Hall–Kier alpha value is -3.67. The van der Waals surface area contributed by atoms with Crippen LogP contribution in [0.25, 0.3) is 33.2 Å². The molecule has 5 N–H and O–H groups in total. The molecule has 6 nitrogen and oxygen atoms in total. The van der Waals surface area contributed by atoms with Crippen LogP contribution in [0.1, 0.15) is 10.4 Å². The summed E-state index contributed by atoms with van der Waals surface area (Å²) in [4.78, 5) is 15.9. The van der Waals surface area contributed by atoms with Gasteiger partial charge in [-0.1, -0.05) is 12.1 Å². The fourth-order valence-corrected chi connectivity index (χ4v) is 2.99. The summed E-state index contributed by atoms with van der Waals surface area (Å²) in [6.45, 7) is 0. The van der Waals surface area contributed by atoms with Gasteiger partial charge in [-0.05, 0) is 47.0 Å². The first kappa shape index (κ1) is 14.9. The Labute approximate surface area is 143 Å². The second-order valence-electron chi connectivity index (χ2n) is 5.72. The molecular weight excluding hydrogens is 314 g/mol. The number of hydrogen-bond donors (Lipinski definition) is 3. The van der Waals surface area contributed by atoms with Gasteiger partial charge in [0.1, 0.15) is 0 Å². The van der Waals surface area contributed by atoms with Gasteiger partial charge >= 0.3 is 0 Å². The monoisotopic (exact) mass is 329 g/mol. The Balaban J connectivity index is 2.03. The van der Waals surface area contributed by atoms with Crippen molar-refractivity contribution in [2.75, 3.05) is 5.73 Å². The number of nitrogens with zero attached hydrogens (tertiary/aromatic N) is 2. The van der Waals surface area contributed by atoms with Crippen LogP contribution in [0.5, 0.6) is 0 Å². The number of fused-ring (bicyclic) bond motifs is 1. The van der Waals surface area contributed by atoms with Gasteiger partial charge < -0.3 is 11.5 Å². The van der Waals surface area contributed by atoms with E-state index in [1.807, 2.05) is 36.4 Å². The molecule has 0 fully saturated rings. The number of carbonyl (C=O) groups is 1. The topological polar surface area (TPSA) is 111 Å². The van der Waals surface area contributed by atoms with E-state index in [1.165, 1.54) is 0 Å². The van der Waals surface area contributed by atoms with Crippen molar-refractivity contribution in [2.24, 2.45) is 5.73 Å². The molecule has 0 aliphatic rings. The average molecular weight is 329 g/mol. The van der Waals surface area contributed by atoms with Gasteiger partial charge in [0.15, 0.2) is 0 Å². The molecule has 2 heterocycles. The maximum atomic E-state index is 11.9. The zero-order valence-electron chi connectivity index (χ0n) is 13.2. The van der Waals surface area contributed by atoms with E-state index in [0.717, 1.165) is 33.2 Å². The zero-order chi connectivity index (χ0) is 17.4. The van der Waals surface area contributed by atoms with Crippen LogP contribution in [-0.2, 0) is 0 Å². The van der Waals surface area contributed by atoms with E-state index in [-0.39, 0.29) is 0 Å². The van der Waals surface area contributed by atoms with Crippen molar-refractivity contribution in [3.05, 3.63) is 66.6 Å². The van der Waals surface area contributed by atoms with Gasteiger partial charge in [0.25, 0.3) is 5.91 Å². The van der Waals surface area contributed by atoms with Gasteiger partial charge in [-0.2, -0.15) is 5.10 Å². The first-order valence-electron chi connectivity index (χ1n) is 7.71. The lowest BCUT2D eigenvalue weighted by Gasteiger charge is -2.14. The molecular formula is C19H15N5O. The Kier molecular flexibility index (Phi) is 3.43. The molecule has 0 radical (unpaired) electrons. The predicted molar refractivity (Wildman–Crippen MR) is 97.7 cm³/mol. The van der Waals surface area contributed by atoms with E-state index in [1.54, 1.807) is 24.7 Å². The Morgan fingerprint density at radius 2 is 1.80 bits per heavy atom. The van der Waals surface area contributed by atoms with Crippen LogP contribution in [0.3, 0.4) is 0 Å². The molecule has 0 spiro atoms. The standard InChI is InChI=1S/C19H15N5O/c20-18-14(13-2-1-3-17-16(13)10-23-24-17)8-12(9-15(18)19(21)25)11-4-6-22-7-5-11/h1-10H,20H2,(H2,21,25)(H,23,24). The van der Waals surface area contributed by atoms with Gasteiger partial charge in [0.05, 0.1) is 23.0 Å². The highest BCUT2D eigenvalue weighted by Gasteiger charge is 2.16. The number of primary amides is 1. The summed E-state index contributed by atoms with van der Waals surface area (Å²) in [5.74, 6) is -0.561. The van der Waals surface area contributed by atoms with E-state index < -0.39 is 5.91 Å². The van der Waals surface area contributed by atoms with Crippen LogP contribution >= 0.6 is 0 Å². The molecule has 0 atom stereocenters. The second kappa shape index (κ2) is 5.76. The number of nitrogen functional groups attached to an aromatic ring is 1. The molecule has 2 aromatic carbocycles. The van der Waals surface area contributed by atoms with Crippen LogP contribution in [0.15, 0.2) is 61.1 Å². The molecule has 2 aromatic heterocycles. The summed E-state index contributed by atoms with van der Waals surface area (Å²) in [5, 5.41) is 7.96. The Morgan fingerprint density at radius 3 is 2.56 bits per heavy atom. The number of nitrogens with two attached hydrogens (primary N) is 2. The third kappa shape index (κ3) is 2.49. The van der Waals surface area contributed by atoms with Crippen molar-refractivity contribution >= 4 is 22.5 Å². The van der Waals surface area contributed by atoms with Gasteiger partial charge in [-0.25, -0.2) is 0 Å². The summed E-state index contributed by atoms with van der Waals surface area (Å²) in [5.41, 5.74) is 16.8. The van der Waals surface area contributed by atoms with E-state index in [0.29, 0.717) is 11.3 Å². The minimum atomic E-state index is -0.561. The lowest BCUT2D eigenvalue weighted by atomic mass is 9.93. The molecule has 25 heavy (non-hydrogen) atoms. The molecule has 4 rings (SSSR count). The quantitative estimate of drug-likeness (QED) is 0.502. The van der Waals surface area contributed by atoms with Crippen LogP contribution in [0, 0.1) is 0 Å². The van der Waals surface area contributed by atoms with Crippen LogP contribution in [0.2, 0.25) is 0 Å². The minimum Gasteiger partial charge on any atom is -0.398 e. The molecule has 1 amide bonds. The summed E-state index contributed by atoms with van der Waals surface area (Å²) in [7, 11) is 0. The largest absolute Gasteiger partial charge is 0.398 e. The predicted octanol–water partition coefficient (Wildman–Crippen LogP) is 2.97. The van der Waals surface area contributed by atoms with Crippen molar-refractivity contribution < 1.29 is 4.79 Å². The van der Waals surface area contributed by atoms with E-state index in [2.05, 4.69) is 15.2 Å². The number of hydrogen-bond acceptors (Lipinski definition) is 4. The summed E-state index contributed by atoms with van der Waals surface area (Å²) in [6, 6.07) is 13.2. The van der Waals surface area contributed by atoms with Crippen molar-refractivity contribution in [1.82, 2.24) is 15.2 Å². The molecule has 0 aliphatic heterocycles. The molecule has 0 saturated heterocycles. The highest BCUT2D eigenvalue weighted by molar-refractivity contribution is 6.06. The number of aromatic nitrogens is 3. The molecule has 4 aromatic rings. The molecule has 6 heteroatoms. The molecule has 0 aliphatic carbocycles. The van der Waals surface area contributed by atoms with Crippen molar-refractivity contribution in [1.29, 1.82) is 0 Å². The van der Waals surface area contributed by atoms with Crippen LogP contribution in [-0.4, -0.2) is 21.1 Å². The zero-order valence-corrected chi connectivity index (χ0v) is 13.2. The van der Waals surface area contributed by atoms with Gasteiger partial charge in [0.2, 0.25) is 0 Å². The van der Waals surface area contributed by atoms with E-state index in [9.17, 15) is 4.79 Å². The smallest absolute Gasteiger partial charge is 0.250 e. The average Bonchev–Trinajstić information content (AvgIpc) is 3.11. The van der Waals surface area contributed by atoms with Gasteiger partial charge in [-0.3, -0.25) is 14.9 Å². The number of rotatable bonds is 3. The molecule has 0 unspecified atom stereocenters. The first-order chi connectivity index (χ1) is 12.1. The second-order valence-corrected chi connectivity index (χ2v) is 5.72. The van der Waals surface area contributed by atoms with Gasteiger partial charge in [0, 0.05) is 23.3 Å². The van der Waals surface area contributed by atoms with E-state index >= 15 is 0 Å². The number of anilines is 1. The highest BCUT2D eigenvalue weighted by atomic mass is 16.1. The highest BCUT2D eigenvalue weighted by Crippen LogP contribution is 2.37. The summed E-state index contributed by atoms with van der Waals surface area (Å²) in [6.07, 6.45) is 5.14. The maximum Gasteiger partial charge on any atom is 0.250 e. The number of aromatic amines is 1. The lowest BCUT2D eigenvalue weighted by molar-refractivity contribution is 0.100. The van der Waals surface area contributed by atoms with Crippen molar-refractivity contribution in [3.63, 3.8) is 0 Å². The molecule has 0 bridgehead atoms. The number of amides is 1. The fourth-order valence-electron chi connectivity index (χ4n) is 2.99. The third-order valence-electron chi connectivity index (χ3n) is 4.23. The first-order valence-corrected chi connectivity index (χ1v) is 7.71. The van der Waals surface area contributed by atoms with Crippen LogP contribution < -0.4 is 11.5 Å². The Bertz CT molecular complexity index is 1090. The number of benzene rings is 2. The summed E-state index contributed by atoms with van der Waals surface area (Å²) >= 11 is 0. The normalized spacial score (nSPS) is 10.9. The fraction of sp³-hybridized carbons (Fsp3) is 0. The lowest BCUT2D eigenvalue weighted by Crippen LogP contribution is -2.14. The third-order valence-corrected chi connectivity index (χ3v) is 4.23.